The number of aromatic nitrogens is 1. The molecule has 0 aliphatic carbocycles. The van der Waals surface area contributed by atoms with Crippen LogP contribution in [0.3, 0.4) is 0 Å². The van der Waals surface area contributed by atoms with Crippen LogP contribution in [-0.2, 0) is 4.79 Å². The summed E-state index contributed by atoms with van der Waals surface area (Å²) in [6.07, 6.45) is 5.70. The minimum absolute atomic E-state index is 0.159. The zero-order chi connectivity index (χ0) is 12.8. The second-order valence-corrected chi connectivity index (χ2v) is 6.62. The number of amides is 1. The molecule has 0 atom stereocenters. The molecule has 2 rings (SSSR count). The first-order chi connectivity index (χ1) is 8.77. The van der Waals surface area contributed by atoms with E-state index < -0.39 is 0 Å². The van der Waals surface area contributed by atoms with Crippen molar-refractivity contribution < 1.29 is 4.79 Å². The Hall–Kier alpha value is -0.590. The van der Waals surface area contributed by atoms with Gasteiger partial charge in [0.25, 0.3) is 0 Å². The maximum absolute atomic E-state index is 11.5. The van der Waals surface area contributed by atoms with Gasteiger partial charge < -0.3 is 0 Å². The second-order valence-electron chi connectivity index (χ2n) is 3.84. The quantitative estimate of drug-likeness (QED) is 0.458. The molecule has 18 heavy (non-hydrogen) atoms. The zero-order valence-corrected chi connectivity index (χ0v) is 12.3. The molecule has 0 unspecified atom stereocenters. The summed E-state index contributed by atoms with van der Waals surface area (Å²) in [4.78, 5) is 18.4. The van der Waals surface area contributed by atoms with E-state index in [4.69, 9.17) is 12.2 Å². The summed E-state index contributed by atoms with van der Waals surface area (Å²) in [5, 5.41) is 0. The predicted molar refractivity (Wildman–Crippen MR) is 81.0 cm³/mol. The van der Waals surface area contributed by atoms with Crippen LogP contribution < -0.4 is 0 Å². The third-order valence-corrected chi connectivity index (χ3v) is 5.07. The molecule has 1 amide bonds. The lowest BCUT2D eigenvalue weighted by molar-refractivity contribution is -0.124. The van der Waals surface area contributed by atoms with E-state index in [0.717, 1.165) is 29.5 Å². The number of carbonyl (C=O) groups is 1. The van der Waals surface area contributed by atoms with Gasteiger partial charge in [-0.05, 0) is 30.7 Å². The highest BCUT2D eigenvalue weighted by Crippen LogP contribution is 2.21. The maximum atomic E-state index is 11.5. The van der Waals surface area contributed by atoms with Crippen LogP contribution in [0.5, 0.6) is 0 Å². The molecule has 0 spiro atoms. The molecule has 1 aromatic rings. The number of carbonyl (C=O) groups excluding carboxylic acids is 1. The van der Waals surface area contributed by atoms with Gasteiger partial charge in [0.2, 0.25) is 5.91 Å². The first-order valence-electron chi connectivity index (χ1n) is 5.77. The van der Waals surface area contributed by atoms with Crippen LogP contribution in [0.4, 0.5) is 0 Å². The summed E-state index contributed by atoms with van der Waals surface area (Å²) < 4.78 is 0.738. The van der Waals surface area contributed by atoms with Crippen molar-refractivity contribution in [2.75, 3.05) is 18.1 Å². The number of thioether (sulfide) groups is 2. The molecule has 1 fully saturated rings. The van der Waals surface area contributed by atoms with Crippen molar-refractivity contribution in [2.24, 2.45) is 0 Å². The molecule has 1 aromatic heterocycles. The lowest BCUT2D eigenvalue weighted by atomic mass is 10.3. The average molecular weight is 298 g/mol. The Bertz CT molecular complexity index is 409. The molecule has 0 radical (unpaired) electrons. The van der Waals surface area contributed by atoms with E-state index in [1.165, 1.54) is 16.7 Å². The molecule has 1 saturated heterocycles. The van der Waals surface area contributed by atoms with Crippen LogP contribution in [0.1, 0.15) is 12.8 Å². The smallest absolute Gasteiger partial charge is 0.238 e. The summed E-state index contributed by atoms with van der Waals surface area (Å²) in [6, 6.07) is 4.03. The van der Waals surface area contributed by atoms with Gasteiger partial charge in [-0.2, -0.15) is 0 Å². The van der Waals surface area contributed by atoms with E-state index in [0.29, 0.717) is 5.75 Å². The predicted octanol–water partition coefficient (Wildman–Crippen LogP) is 2.81. The Labute approximate surface area is 121 Å². The summed E-state index contributed by atoms with van der Waals surface area (Å²) in [6.45, 7) is 0.765. The van der Waals surface area contributed by atoms with Gasteiger partial charge in [0, 0.05) is 23.8 Å². The molecule has 2 heterocycles. The zero-order valence-electron chi connectivity index (χ0n) is 9.87. The van der Waals surface area contributed by atoms with E-state index in [9.17, 15) is 4.79 Å². The topological polar surface area (TPSA) is 33.2 Å². The Morgan fingerprint density at radius 3 is 2.83 bits per heavy atom. The number of pyridine rings is 1. The number of hydrogen-bond acceptors (Lipinski definition) is 5. The Morgan fingerprint density at radius 2 is 2.17 bits per heavy atom. The van der Waals surface area contributed by atoms with Crippen LogP contribution >= 0.6 is 35.7 Å². The van der Waals surface area contributed by atoms with Gasteiger partial charge in [0.05, 0.1) is 5.75 Å². The van der Waals surface area contributed by atoms with Crippen molar-refractivity contribution >= 4 is 46.0 Å². The van der Waals surface area contributed by atoms with Crippen molar-refractivity contribution in [3.63, 3.8) is 0 Å². The van der Waals surface area contributed by atoms with E-state index in [-0.39, 0.29) is 5.91 Å². The van der Waals surface area contributed by atoms with Crippen molar-refractivity contribution in [3.8, 4) is 0 Å². The monoisotopic (exact) mass is 298 g/mol. The van der Waals surface area contributed by atoms with E-state index in [1.807, 2.05) is 23.9 Å². The minimum Gasteiger partial charge on any atom is -0.297 e. The second kappa shape index (κ2) is 7.11. The highest BCUT2D eigenvalue weighted by molar-refractivity contribution is 8.23. The molecule has 3 nitrogen and oxygen atoms in total. The van der Waals surface area contributed by atoms with Crippen LogP contribution in [0.25, 0.3) is 0 Å². The number of unbranched alkanes of at least 4 members (excludes halogenated alkanes) is 1. The SMILES string of the molecule is O=C1CSC(=S)N1CCCCSc1ccncc1. The summed E-state index contributed by atoms with van der Waals surface area (Å²) >= 11 is 8.42. The Morgan fingerprint density at radius 1 is 1.39 bits per heavy atom. The molecule has 0 aromatic carbocycles. The maximum Gasteiger partial charge on any atom is 0.238 e. The van der Waals surface area contributed by atoms with Crippen molar-refractivity contribution in [2.45, 2.75) is 17.7 Å². The van der Waals surface area contributed by atoms with Crippen LogP contribution in [0, 0.1) is 0 Å². The molecular weight excluding hydrogens is 284 g/mol. The van der Waals surface area contributed by atoms with Gasteiger partial charge in [-0.25, -0.2) is 0 Å². The summed E-state index contributed by atoms with van der Waals surface area (Å²) in [5.74, 6) is 1.74. The van der Waals surface area contributed by atoms with Gasteiger partial charge in [-0.1, -0.05) is 24.0 Å². The van der Waals surface area contributed by atoms with Gasteiger partial charge in [-0.3, -0.25) is 14.7 Å². The number of rotatable bonds is 6. The summed E-state index contributed by atoms with van der Waals surface area (Å²) in [5.41, 5.74) is 0. The molecule has 1 aliphatic heterocycles. The van der Waals surface area contributed by atoms with Gasteiger partial charge in [-0.15, -0.1) is 11.8 Å². The molecule has 0 N–H and O–H groups in total. The molecule has 0 saturated carbocycles. The van der Waals surface area contributed by atoms with E-state index >= 15 is 0 Å². The van der Waals surface area contributed by atoms with Crippen LogP contribution in [0.15, 0.2) is 29.4 Å². The van der Waals surface area contributed by atoms with Crippen molar-refractivity contribution in [1.82, 2.24) is 9.88 Å². The fourth-order valence-electron chi connectivity index (χ4n) is 1.59. The van der Waals surface area contributed by atoms with E-state index in [1.54, 1.807) is 17.3 Å². The van der Waals surface area contributed by atoms with Crippen molar-refractivity contribution in [3.05, 3.63) is 24.5 Å². The highest BCUT2D eigenvalue weighted by Gasteiger charge is 2.25. The lowest BCUT2D eigenvalue weighted by Gasteiger charge is -2.14. The van der Waals surface area contributed by atoms with E-state index in [2.05, 4.69) is 4.98 Å². The van der Waals surface area contributed by atoms with Crippen LogP contribution in [-0.4, -0.2) is 38.2 Å². The van der Waals surface area contributed by atoms with Gasteiger partial charge >= 0.3 is 0 Å². The number of nitrogens with zero attached hydrogens (tertiary/aromatic N) is 2. The Balaban J connectivity index is 1.62. The minimum atomic E-state index is 0.159. The molecule has 1 aliphatic rings. The van der Waals surface area contributed by atoms with Gasteiger partial charge in [0.1, 0.15) is 4.32 Å². The van der Waals surface area contributed by atoms with Gasteiger partial charge in [0.15, 0.2) is 0 Å². The van der Waals surface area contributed by atoms with Crippen molar-refractivity contribution in [1.29, 1.82) is 0 Å². The number of thiocarbonyl (C=S) groups is 1. The molecule has 6 heteroatoms. The fraction of sp³-hybridized carbons (Fsp3) is 0.417. The average Bonchev–Trinajstić information content (AvgIpc) is 2.71. The normalized spacial score (nSPS) is 15.4. The largest absolute Gasteiger partial charge is 0.297 e. The number of hydrogen-bond donors (Lipinski definition) is 0. The molecule has 96 valence electrons. The standard InChI is InChI=1S/C12H14N2OS3/c15-11-9-18-12(16)14(11)7-1-2-8-17-10-3-5-13-6-4-10/h3-6H,1-2,7-9H2. The Kier molecular flexibility index (Phi) is 5.46. The molecular formula is C12H14N2OS3. The third kappa shape index (κ3) is 3.96. The lowest BCUT2D eigenvalue weighted by Crippen LogP contribution is -2.29. The third-order valence-electron chi connectivity index (χ3n) is 2.54. The first-order valence-corrected chi connectivity index (χ1v) is 8.15. The molecule has 0 bridgehead atoms. The van der Waals surface area contributed by atoms with Crippen LogP contribution in [0.2, 0.25) is 0 Å². The highest BCUT2D eigenvalue weighted by atomic mass is 32.2. The first kappa shape index (κ1) is 13.8. The fourth-order valence-corrected chi connectivity index (χ4v) is 3.61. The summed E-state index contributed by atoms with van der Waals surface area (Å²) in [7, 11) is 0.